The number of aromatic amines is 3. The molecule has 3 N–H and O–H groups in total. The van der Waals surface area contributed by atoms with Crippen molar-refractivity contribution in [1.29, 1.82) is 0 Å². The molecule has 9 nitrogen and oxygen atoms in total. The average Bonchev–Trinajstić information content (AvgIpc) is 1.44. The van der Waals surface area contributed by atoms with Gasteiger partial charge in [0.05, 0.1) is 0 Å². The molecule has 0 radical (unpaired) electrons. The molecule has 15 heterocycles. The van der Waals surface area contributed by atoms with E-state index in [0.29, 0.717) is 0 Å². The van der Waals surface area contributed by atoms with Crippen molar-refractivity contribution in [2.45, 2.75) is 0 Å². The Labute approximate surface area is 733 Å². The molecule has 704 valence electrons. The monoisotopic (exact) mass is 2020 g/mol. The number of nitrogens with one attached hydrogen (secondary N) is 3. The number of hydrogen-bond donors (Lipinski definition) is 3. The Bertz CT molecular complexity index is 9310. The molecule has 8 aromatic carbocycles. The zero-order valence-corrected chi connectivity index (χ0v) is 67.0. The minimum absolute atomic E-state index is 0.0139. The summed E-state index contributed by atoms with van der Waals surface area (Å²) in [6.07, 6.45) is 0. The van der Waals surface area contributed by atoms with Crippen molar-refractivity contribution in [3.05, 3.63) is 444 Å². The maximum atomic E-state index is 19.6. The van der Waals surface area contributed by atoms with Crippen LogP contribution in [0.1, 0.15) is 90.1 Å². The van der Waals surface area contributed by atoms with Crippen molar-refractivity contribution < 1.29 is 180 Å². The second-order valence-corrected chi connectivity index (χ2v) is 38.0. The van der Waals surface area contributed by atoms with Gasteiger partial charge in [0, 0.05) is 0 Å². The zero-order valence-electron chi connectivity index (χ0n) is 65.2. The fraction of sp³-hybridized carbons (Fsp3) is 0. The van der Waals surface area contributed by atoms with E-state index in [2.05, 4.69) is 4.98 Å². The first-order valence-electron chi connectivity index (χ1n) is 38.2. The summed E-state index contributed by atoms with van der Waals surface area (Å²) in [6.45, 7) is 0. The number of H-pyrrole nitrogens is 3. The van der Waals surface area contributed by atoms with E-state index in [0.717, 1.165) is 0 Å². The molecule has 0 fully saturated rings. The normalized spacial score (nSPS) is 16.8. The van der Waals surface area contributed by atoms with Gasteiger partial charge >= 0.3 is 732 Å². The number of rotatable bonds is 8. The topological polar surface area (TPSA) is 89.1 Å². The van der Waals surface area contributed by atoms with Gasteiger partial charge in [-0.25, -0.2) is 4.39 Å². The molecule has 51 heteroatoms. The molecule has 0 saturated heterocycles. The molecule has 139 heavy (non-hydrogen) atoms. The summed E-state index contributed by atoms with van der Waals surface area (Å²) in [5, 5.41) is -20.1. The Morgan fingerprint density at radius 2 is 0.439 bits per heavy atom. The number of benzene rings is 8. The van der Waals surface area contributed by atoms with Crippen molar-refractivity contribution in [2.24, 2.45) is 0 Å². The SMILES string of the molecule is O=P12c3cc4[nH]c3C(c3c(F)c(F)c(F)c(F)c3F)=c3ccc(n31)=C(c1c(F)c(F)c(F)c(F)c1F)c1cc3c(n12)C(c1c(F)c(F)c(F)c(F)c1F)=c1ccc2n1P315c3cc([nH]c3C(c3c(F)c(F)c(F)c(F)c3F)=c3ccc(n31)=C(c1c(F)c(F)c(F)c(F)c1F)c1ccc(n15)C=2c1c(F)c(F)c(F)c(F)c1F)/C(c1c(F)c(F)c(F)c(F)c1F)=c1/cc/c([nH]1)=C/4c1c(F)c(F)c(F)c(F)c1F. The third-order valence-electron chi connectivity index (χ3n) is 25.3. The summed E-state index contributed by atoms with van der Waals surface area (Å²) in [5.74, 6) is -128. The summed E-state index contributed by atoms with van der Waals surface area (Å²) < 4.78 is 707. The van der Waals surface area contributed by atoms with Crippen LogP contribution in [0.4, 0.5) is 176 Å². The van der Waals surface area contributed by atoms with Crippen LogP contribution in [0.15, 0.2) is 78.9 Å². The predicted octanol–water partition coefficient (Wildman–Crippen LogP) is 16.2. The van der Waals surface area contributed by atoms with Crippen LogP contribution in [0.25, 0.3) is 44.6 Å². The van der Waals surface area contributed by atoms with Crippen LogP contribution in [0.2, 0.25) is 0 Å². The van der Waals surface area contributed by atoms with Crippen LogP contribution >= 0.6 is 14.5 Å². The molecule has 7 aliphatic heterocycles. The van der Waals surface area contributed by atoms with Crippen LogP contribution in [-0.4, -0.2) is 36.6 Å². The van der Waals surface area contributed by atoms with Gasteiger partial charge in [-0.2, -0.15) is 0 Å². The van der Waals surface area contributed by atoms with Gasteiger partial charge in [-0.15, -0.1) is 0 Å². The van der Waals surface area contributed by atoms with Crippen molar-refractivity contribution in [3.63, 3.8) is 0 Å². The van der Waals surface area contributed by atoms with Crippen LogP contribution in [-0.2, 0) is 4.57 Å². The van der Waals surface area contributed by atoms with Gasteiger partial charge in [0.2, 0.25) is 0 Å². The van der Waals surface area contributed by atoms with Gasteiger partial charge in [0.25, 0.3) is 0 Å². The Balaban J connectivity index is 1.14. The number of nitrogens with zero attached hydrogens (tertiary/aromatic N) is 5. The van der Waals surface area contributed by atoms with Gasteiger partial charge in [-0.3, -0.25) is 0 Å². The van der Waals surface area contributed by atoms with Crippen molar-refractivity contribution in [3.8, 4) is 0 Å². The first-order valence-corrected chi connectivity index (χ1v) is 41.9. The Hall–Kier alpha value is -15.2. The molecule has 10 bridgehead atoms. The summed E-state index contributed by atoms with van der Waals surface area (Å²) in [5.41, 5.74) is -52.8. The summed E-state index contributed by atoms with van der Waals surface area (Å²) in [6, 6.07) is 1.29. The molecular weight excluding hydrogens is 2010 g/mol. The Morgan fingerprint density at radius 3 is 0.763 bits per heavy atom. The fourth-order valence-corrected chi connectivity index (χ4v) is 30.8. The van der Waals surface area contributed by atoms with Crippen molar-refractivity contribution >= 4 is 75.0 Å². The molecule has 0 amide bonds. The molecule has 0 aliphatic carbocycles. The number of fused-ring (bicyclic) bond motifs is 4. The van der Waals surface area contributed by atoms with E-state index in [1.807, 2.05) is 9.97 Å². The van der Waals surface area contributed by atoms with Crippen LogP contribution in [0, 0.1) is 233 Å². The average molecular weight is 2020 g/mol. The van der Waals surface area contributed by atoms with Gasteiger partial charge in [-0.1, -0.05) is 0 Å². The third kappa shape index (κ3) is 9.61. The van der Waals surface area contributed by atoms with Gasteiger partial charge in [-0.05, 0) is 0 Å². The molecule has 1 atom stereocenters. The molecule has 0 saturated carbocycles. The standard InChI is InChI=1S/C88H16F40N8OP2/c89-46-38(47(90)63(106)78(121)62(46)105)30-14-1-2-15(129-14)31(39-48(91)64(107)79(122)65(108)49(39)92)17-12-28-87(131-17)36(44-58(101)74(117)84(127)75(118)59(44)102)24-9-7-22-33(41-52(95)68(111)81(124)69(112)53(41)96)20-5-6-21-34(42-54(97)70(113)82(125)71(114)55(42)98)23-8-10-25-37(45-60(103)76(119)85(128)77(120)61(45)104)88-29(139(28,134(20)21,135(22)24)136(23)25)13-26-32(40-50(93)66(109)80(123)67(110)51(40)94)18-3-4-19-35(43-56(99)72(115)83(126)73(116)57(43)100)86-27(11-16(30)130-86)138(137,132(18)19)133(26)88/h1-13,129-131H/b30-14+,30-16?,31-15+,31-17?. The second kappa shape index (κ2) is 27.6. The zero-order chi connectivity index (χ0) is 99.4. The first kappa shape index (κ1) is 87.8. The third-order valence-corrected chi connectivity index (χ3v) is 34.3. The molecule has 23 rings (SSSR count). The molecule has 7 aliphatic rings. The number of halogens is 40. The predicted molar refractivity (Wildman–Crippen MR) is 395 cm³/mol. The van der Waals surface area contributed by atoms with Gasteiger partial charge in [0.1, 0.15) is 0 Å². The van der Waals surface area contributed by atoms with Crippen molar-refractivity contribution in [2.75, 3.05) is 0 Å². The number of aromatic nitrogens is 8. The molecular formula is C88H16F40N8OP2. The minimum atomic E-state index is -8.77. The molecule has 1 spiro atoms. The van der Waals surface area contributed by atoms with E-state index >= 15 is 180 Å². The van der Waals surface area contributed by atoms with E-state index in [4.69, 9.17) is 0 Å². The van der Waals surface area contributed by atoms with E-state index in [9.17, 15) is 0 Å². The summed E-state index contributed by atoms with van der Waals surface area (Å²) >= 11 is 0. The fourth-order valence-electron chi connectivity index (χ4n) is 20.1. The molecule has 1 unspecified atom stereocenters. The van der Waals surface area contributed by atoms with Gasteiger partial charge in [0.15, 0.2) is 0 Å². The quantitative estimate of drug-likeness (QED) is 0.0602. The van der Waals surface area contributed by atoms with Crippen LogP contribution in [0.5, 0.6) is 0 Å². The number of hydrogen-bond acceptors (Lipinski definition) is 1. The summed E-state index contributed by atoms with van der Waals surface area (Å²) in [4.78, 5) is 6.24. The van der Waals surface area contributed by atoms with Crippen molar-refractivity contribution in [1.82, 2.24) is 36.6 Å². The van der Waals surface area contributed by atoms with Crippen LogP contribution < -0.4 is 58.7 Å². The van der Waals surface area contributed by atoms with E-state index < -0.39 is 445 Å². The second-order valence-electron chi connectivity index (χ2n) is 31.5. The Morgan fingerprint density at radius 1 is 0.201 bits per heavy atom. The maximum absolute atomic E-state index is 19.6. The van der Waals surface area contributed by atoms with Crippen LogP contribution in [0.3, 0.4) is 0 Å². The first-order chi connectivity index (χ1) is 65.6. The molecule has 16 aromatic rings. The Kier molecular flexibility index (Phi) is 17.5. The van der Waals surface area contributed by atoms with Gasteiger partial charge < -0.3 is 0 Å². The summed E-state index contributed by atoms with van der Waals surface area (Å²) in [7, 11) is -16.2. The van der Waals surface area contributed by atoms with E-state index in [1.54, 1.807) is 0 Å². The van der Waals surface area contributed by atoms with E-state index in [-0.39, 0.29) is 96.2 Å². The molecule has 8 aromatic heterocycles. The van der Waals surface area contributed by atoms with E-state index in [1.165, 1.54) is 0 Å².